The number of rotatable bonds is 2. The first-order valence-electron chi connectivity index (χ1n) is 6.16. The fraction of sp³-hybridized carbons (Fsp3) is 0.357. The molecule has 0 atom stereocenters. The van der Waals surface area contributed by atoms with E-state index in [9.17, 15) is 13.2 Å². The molecule has 0 amide bonds. The van der Waals surface area contributed by atoms with Crippen LogP contribution < -0.4 is 5.32 Å². The summed E-state index contributed by atoms with van der Waals surface area (Å²) in [6.07, 6.45) is -4.34. The Kier molecular flexibility index (Phi) is 3.50. The van der Waals surface area contributed by atoms with Crippen molar-refractivity contribution < 1.29 is 13.2 Å². The molecule has 3 nitrogen and oxygen atoms in total. The number of alkyl halides is 3. The molecule has 0 aliphatic carbocycles. The minimum atomic E-state index is -4.34. The Morgan fingerprint density at radius 2 is 1.80 bits per heavy atom. The minimum absolute atomic E-state index is 0.166. The maximum atomic E-state index is 12.7. The Balaban J connectivity index is 2.29. The van der Waals surface area contributed by atoms with Gasteiger partial charge < -0.3 is 5.32 Å². The summed E-state index contributed by atoms with van der Waals surface area (Å²) in [5, 5.41) is 9.95. The van der Waals surface area contributed by atoms with Crippen molar-refractivity contribution in [3.63, 3.8) is 0 Å². The molecule has 0 saturated carbocycles. The van der Waals surface area contributed by atoms with Gasteiger partial charge in [-0.3, -0.25) is 5.10 Å². The van der Waals surface area contributed by atoms with Crippen LogP contribution in [0.3, 0.4) is 0 Å². The van der Waals surface area contributed by atoms with E-state index in [0.29, 0.717) is 17.1 Å². The van der Waals surface area contributed by atoms with Crippen LogP contribution in [-0.2, 0) is 6.18 Å². The van der Waals surface area contributed by atoms with Crippen LogP contribution in [0.1, 0.15) is 26.3 Å². The summed E-state index contributed by atoms with van der Waals surface area (Å²) in [6.45, 7) is 5.93. The van der Waals surface area contributed by atoms with Crippen LogP contribution in [0.15, 0.2) is 30.3 Å². The SMILES string of the molecule is CC(C)(C)Nc1cc(-c2cccc(C(F)(F)F)c2)[nH]n1. The van der Waals surface area contributed by atoms with Gasteiger partial charge in [-0.15, -0.1) is 0 Å². The molecule has 1 aromatic heterocycles. The van der Waals surface area contributed by atoms with Gasteiger partial charge in [-0.25, -0.2) is 0 Å². The maximum absolute atomic E-state index is 12.7. The van der Waals surface area contributed by atoms with Crippen LogP contribution in [0, 0.1) is 0 Å². The Morgan fingerprint density at radius 1 is 1.10 bits per heavy atom. The van der Waals surface area contributed by atoms with E-state index in [2.05, 4.69) is 15.5 Å². The predicted molar refractivity (Wildman–Crippen MR) is 72.4 cm³/mol. The zero-order chi connectivity index (χ0) is 15.0. The average molecular weight is 283 g/mol. The number of nitrogens with zero attached hydrogens (tertiary/aromatic N) is 1. The molecule has 0 unspecified atom stereocenters. The molecule has 20 heavy (non-hydrogen) atoms. The molecule has 0 saturated heterocycles. The third kappa shape index (κ3) is 3.53. The lowest BCUT2D eigenvalue weighted by Crippen LogP contribution is -2.26. The quantitative estimate of drug-likeness (QED) is 0.862. The lowest BCUT2D eigenvalue weighted by atomic mass is 10.1. The monoisotopic (exact) mass is 283 g/mol. The molecular formula is C14H16F3N3. The van der Waals surface area contributed by atoms with Gasteiger partial charge >= 0.3 is 6.18 Å². The van der Waals surface area contributed by atoms with E-state index in [4.69, 9.17) is 0 Å². The summed E-state index contributed by atoms with van der Waals surface area (Å²) >= 11 is 0. The molecular weight excluding hydrogens is 267 g/mol. The summed E-state index contributed by atoms with van der Waals surface area (Å²) in [5.41, 5.74) is 0.160. The van der Waals surface area contributed by atoms with Crippen LogP contribution >= 0.6 is 0 Å². The van der Waals surface area contributed by atoms with Gasteiger partial charge in [0.1, 0.15) is 5.82 Å². The number of benzene rings is 1. The van der Waals surface area contributed by atoms with Crippen molar-refractivity contribution in [1.29, 1.82) is 0 Å². The predicted octanol–water partition coefficient (Wildman–Crippen LogP) is 4.31. The molecule has 0 fully saturated rings. The Bertz CT molecular complexity index is 594. The zero-order valence-electron chi connectivity index (χ0n) is 11.5. The van der Waals surface area contributed by atoms with Crippen molar-refractivity contribution in [3.05, 3.63) is 35.9 Å². The first-order valence-corrected chi connectivity index (χ1v) is 6.16. The largest absolute Gasteiger partial charge is 0.416 e. The Labute approximate surface area is 115 Å². The first-order chi connectivity index (χ1) is 9.15. The number of hydrogen-bond donors (Lipinski definition) is 2. The van der Waals surface area contributed by atoms with E-state index in [0.717, 1.165) is 12.1 Å². The van der Waals surface area contributed by atoms with Crippen molar-refractivity contribution in [2.24, 2.45) is 0 Å². The lowest BCUT2D eigenvalue weighted by molar-refractivity contribution is -0.137. The normalized spacial score (nSPS) is 12.5. The molecule has 108 valence electrons. The minimum Gasteiger partial charge on any atom is -0.364 e. The smallest absolute Gasteiger partial charge is 0.364 e. The topological polar surface area (TPSA) is 40.7 Å². The number of aromatic amines is 1. The molecule has 0 aliphatic heterocycles. The fourth-order valence-corrected chi connectivity index (χ4v) is 1.78. The van der Waals surface area contributed by atoms with E-state index in [1.807, 2.05) is 20.8 Å². The van der Waals surface area contributed by atoms with Crippen molar-refractivity contribution in [2.45, 2.75) is 32.5 Å². The van der Waals surface area contributed by atoms with Gasteiger partial charge in [-0.1, -0.05) is 12.1 Å². The van der Waals surface area contributed by atoms with Gasteiger partial charge in [0, 0.05) is 17.2 Å². The molecule has 2 N–H and O–H groups in total. The second kappa shape index (κ2) is 4.85. The molecule has 0 radical (unpaired) electrons. The van der Waals surface area contributed by atoms with Gasteiger partial charge in [0.05, 0.1) is 11.3 Å². The number of anilines is 1. The third-order valence-corrected chi connectivity index (χ3v) is 2.58. The third-order valence-electron chi connectivity index (χ3n) is 2.58. The van der Waals surface area contributed by atoms with E-state index in [1.165, 1.54) is 6.07 Å². The van der Waals surface area contributed by atoms with Crippen LogP contribution in [0.25, 0.3) is 11.3 Å². The second-order valence-corrected chi connectivity index (χ2v) is 5.62. The van der Waals surface area contributed by atoms with Crippen LogP contribution in [0.5, 0.6) is 0 Å². The summed E-state index contributed by atoms with van der Waals surface area (Å²) < 4.78 is 38.0. The van der Waals surface area contributed by atoms with Gasteiger partial charge in [-0.05, 0) is 32.9 Å². The zero-order valence-corrected chi connectivity index (χ0v) is 11.5. The summed E-state index contributed by atoms with van der Waals surface area (Å²) in [7, 11) is 0. The number of H-pyrrole nitrogens is 1. The van der Waals surface area contributed by atoms with Crippen molar-refractivity contribution in [1.82, 2.24) is 10.2 Å². The number of aromatic nitrogens is 2. The highest BCUT2D eigenvalue weighted by atomic mass is 19.4. The van der Waals surface area contributed by atoms with E-state index in [-0.39, 0.29) is 5.54 Å². The average Bonchev–Trinajstić information content (AvgIpc) is 2.74. The molecule has 1 aromatic carbocycles. The maximum Gasteiger partial charge on any atom is 0.416 e. The van der Waals surface area contributed by atoms with Gasteiger partial charge in [0.15, 0.2) is 0 Å². The Hall–Kier alpha value is -1.98. The van der Waals surface area contributed by atoms with Crippen molar-refractivity contribution in [3.8, 4) is 11.3 Å². The van der Waals surface area contributed by atoms with Gasteiger partial charge in [0.2, 0.25) is 0 Å². The van der Waals surface area contributed by atoms with Gasteiger partial charge in [-0.2, -0.15) is 18.3 Å². The summed E-state index contributed by atoms with van der Waals surface area (Å²) in [5.74, 6) is 0.602. The highest BCUT2D eigenvalue weighted by molar-refractivity contribution is 5.63. The van der Waals surface area contributed by atoms with E-state index < -0.39 is 11.7 Å². The summed E-state index contributed by atoms with van der Waals surface area (Å²) in [4.78, 5) is 0. The van der Waals surface area contributed by atoms with Crippen molar-refractivity contribution >= 4 is 5.82 Å². The van der Waals surface area contributed by atoms with Crippen LogP contribution in [0.2, 0.25) is 0 Å². The van der Waals surface area contributed by atoms with E-state index in [1.54, 1.807) is 12.1 Å². The first kappa shape index (κ1) is 14.4. The second-order valence-electron chi connectivity index (χ2n) is 5.62. The molecule has 0 aliphatic rings. The number of nitrogens with one attached hydrogen (secondary N) is 2. The highest BCUT2D eigenvalue weighted by Gasteiger charge is 2.30. The van der Waals surface area contributed by atoms with Crippen LogP contribution in [-0.4, -0.2) is 15.7 Å². The standard InChI is InChI=1S/C14H16F3N3/c1-13(2,3)18-12-8-11(19-20-12)9-5-4-6-10(7-9)14(15,16)17/h4-8H,1-3H3,(H2,18,19,20). The molecule has 2 aromatic rings. The number of halogens is 3. The number of hydrogen-bond acceptors (Lipinski definition) is 2. The molecule has 0 spiro atoms. The van der Waals surface area contributed by atoms with Gasteiger partial charge in [0.25, 0.3) is 0 Å². The molecule has 2 rings (SSSR count). The summed E-state index contributed by atoms with van der Waals surface area (Å²) in [6, 6.07) is 6.85. The molecule has 1 heterocycles. The fourth-order valence-electron chi connectivity index (χ4n) is 1.78. The Morgan fingerprint density at radius 3 is 2.40 bits per heavy atom. The van der Waals surface area contributed by atoms with Crippen LogP contribution in [0.4, 0.5) is 19.0 Å². The molecule has 6 heteroatoms. The molecule has 0 bridgehead atoms. The lowest BCUT2D eigenvalue weighted by Gasteiger charge is -2.19. The van der Waals surface area contributed by atoms with Crippen molar-refractivity contribution in [2.75, 3.05) is 5.32 Å². The highest BCUT2D eigenvalue weighted by Crippen LogP contribution is 2.32. The van der Waals surface area contributed by atoms with E-state index >= 15 is 0 Å².